The lowest BCUT2D eigenvalue weighted by Gasteiger charge is -2.11. The standard InChI is InChI=1S/C23H19FN3O/c1-11(2)22-21-18-19(26(4)10-25-23(18)28-22)16-12(3)9-14(24)17-13-7-5-6-8-15(13)27(21)20(16)17/h5-11H,1-4H3/q+1. The van der Waals surface area contributed by atoms with Crippen LogP contribution in [0, 0.1) is 12.7 Å². The van der Waals surface area contributed by atoms with E-state index in [4.69, 9.17) is 4.42 Å². The summed E-state index contributed by atoms with van der Waals surface area (Å²) in [5.41, 5.74) is 5.48. The largest absolute Gasteiger partial charge is 0.422 e. The van der Waals surface area contributed by atoms with Gasteiger partial charge in [-0.2, -0.15) is 0 Å². The van der Waals surface area contributed by atoms with E-state index in [1.165, 1.54) is 0 Å². The Morgan fingerprint density at radius 1 is 1.11 bits per heavy atom. The highest BCUT2D eigenvalue weighted by Gasteiger charge is 2.30. The molecule has 0 aliphatic rings. The summed E-state index contributed by atoms with van der Waals surface area (Å²) in [6, 6.07) is 9.66. The molecule has 28 heavy (non-hydrogen) atoms. The maximum atomic E-state index is 15.2. The number of aromatic nitrogens is 3. The third kappa shape index (κ3) is 1.66. The van der Waals surface area contributed by atoms with Crippen molar-refractivity contribution < 1.29 is 13.4 Å². The van der Waals surface area contributed by atoms with Gasteiger partial charge in [-0.05, 0) is 29.6 Å². The second-order valence-corrected chi connectivity index (χ2v) is 7.98. The maximum Gasteiger partial charge on any atom is 0.347 e. The lowest BCUT2D eigenvalue weighted by atomic mass is 10.0. The predicted molar refractivity (Wildman–Crippen MR) is 109 cm³/mol. The van der Waals surface area contributed by atoms with Crippen LogP contribution in [-0.4, -0.2) is 9.38 Å². The Morgan fingerprint density at radius 3 is 2.68 bits per heavy atom. The van der Waals surface area contributed by atoms with Gasteiger partial charge in [-0.3, -0.25) is 0 Å². The average molecular weight is 372 g/mol. The first-order valence-electron chi connectivity index (χ1n) is 9.53. The van der Waals surface area contributed by atoms with Gasteiger partial charge in [-0.1, -0.05) is 32.0 Å². The molecule has 0 aliphatic heterocycles. The molecule has 138 valence electrons. The first kappa shape index (κ1) is 15.8. The van der Waals surface area contributed by atoms with Crippen molar-refractivity contribution in [2.24, 2.45) is 7.05 Å². The van der Waals surface area contributed by atoms with Crippen molar-refractivity contribution in [3.8, 4) is 0 Å². The number of aryl methyl sites for hydroxylation is 2. The van der Waals surface area contributed by atoms with Crippen molar-refractivity contribution in [3.05, 3.63) is 53.8 Å². The fourth-order valence-electron chi connectivity index (χ4n) is 4.79. The molecule has 0 amide bonds. The third-order valence-corrected chi connectivity index (χ3v) is 5.90. The molecule has 0 saturated carbocycles. The number of furan rings is 1. The van der Waals surface area contributed by atoms with Gasteiger partial charge in [0.05, 0.1) is 23.5 Å². The molecule has 0 spiro atoms. The summed E-state index contributed by atoms with van der Waals surface area (Å²) in [5.74, 6) is 0.872. The number of pyridine rings is 1. The van der Waals surface area contributed by atoms with Gasteiger partial charge in [0.25, 0.3) is 6.33 Å². The van der Waals surface area contributed by atoms with E-state index in [2.05, 4.69) is 29.3 Å². The molecule has 0 fully saturated rings. The van der Waals surface area contributed by atoms with E-state index in [1.54, 1.807) is 12.4 Å². The van der Waals surface area contributed by atoms with E-state index < -0.39 is 0 Å². The molecule has 4 aromatic heterocycles. The molecule has 0 saturated heterocycles. The monoisotopic (exact) mass is 372 g/mol. The van der Waals surface area contributed by atoms with E-state index >= 15 is 4.39 Å². The molecule has 4 nitrogen and oxygen atoms in total. The van der Waals surface area contributed by atoms with E-state index in [0.717, 1.165) is 49.5 Å². The molecule has 2 aromatic carbocycles. The van der Waals surface area contributed by atoms with E-state index in [9.17, 15) is 0 Å². The zero-order valence-electron chi connectivity index (χ0n) is 16.2. The fourth-order valence-corrected chi connectivity index (χ4v) is 4.79. The third-order valence-electron chi connectivity index (χ3n) is 5.90. The number of halogens is 1. The van der Waals surface area contributed by atoms with Crippen LogP contribution in [0.25, 0.3) is 49.3 Å². The summed E-state index contributed by atoms with van der Waals surface area (Å²) in [6.07, 6.45) is 1.78. The van der Waals surface area contributed by atoms with E-state index in [0.29, 0.717) is 11.1 Å². The van der Waals surface area contributed by atoms with Crippen LogP contribution in [0.4, 0.5) is 4.39 Å². The van der Waals surface area contributed by atoms with Gasteiger partial charge >= 0.3 is 5.71 Å². The molecular weight excluding hydrogens is 353 g/mol. The number of benzene rings is 2. The normalized spacial score (nSPS) is 12.8. The van der Waals surface area contributed by atoms with Crippen molar-refractivity contribution in [3.63, 3.8) is 0 Å². The zero-order valence-corrected chi connectivity index (χ0v) is 16.2. The van der Waals surface area contributed by atoms with Crippen molar-refractivity contribution >= 4 is 49.3 Å². The van der Waals surface area contributed by atoms with Crippen LogP contribution in [0.1, 0.15) is 31.1 Å². The van der Waals surface area contributed by atoms with E-state index in [1.807, 2.05) is 36.7 Å². The Kier molecular flexibility index (Phi) is 2.81. The summed E-state index contributed by atoms with van der Waals surface area (Å²) in [7, 11) is 1.99. The minimum atomic E-state index is -0.183. The predicted octanol–water partition coefficient (Wildman–Crippen LogP) is 5.37. The molecule has 0 aliphatic carbocycles. The second-order valence-electron chi connectivity index (χ2n) is 7.98. The van der Waals surface area contributed by atoms with Crippen LogP contribution in [-0.2, 0) is 7.05 Å². The van der Waals surface area contributed by atoms with E-state index in [-0.39, 0.29) is 11.7 Å². The minimum absolute atomic E-state index is 0.176. The van der Waals surface area contributed by atoms with Gasteiger partial charge in [0.2, 0.25) is 0 Å². The molecule has 0 atom stereocenters. The quantitative estimate of drug-likeness (QED) is 0.287. The highest BCUT2D eigenvalue weighted by Crippen LogP contribution is 2.44. The number of hydrogen-bond donors (Lipinski definition) is 0. The van der Waals surface area contributed by atoms with Gasteiger partial charge in [0, 0.05) is 16.7 Å². The molecule has 0 radical (unpaired) electrons. The molecule has 0 unspecified atom stereocenters. The summed E-state index contributed by atoms with van der Waals surface area (Å²) in [5, 5.41) is 3.64. The Hall–Kier alpha value is -3.21. The van der Waals surface area contributed by atoms with Crippen LogP contribution in [0.2, 0.25) is 0 Å². The van der Waals surface area contributed by atoms with Gasteiger partial charge in [0.15, 0.2) is 5.52 Å². The summed E-state index contributed by atoms with van der Waals surface area (Å²) < 4.78 is 25.7. The van der Waals surface area contributed by atoms with Crippen LogP contribution in [0.3, 0.4) is 0 Å². The Bertz CT molecular complexity index is 1570. The van der Waals surface area contributed by atoms with Crippen LogP contribution < -0.4 is 4.57 Å². The Balaban J connectivity index is 2.15. The second kappa shape index (κ2) is 4.98. The molecule has 0 N–H and O–H groups in total. The van der Waals surface area contributed by atoms with Crippen molar-refractivity contribution in [2.75, 3.05) is 0 Å². The maximum absolute atomic E-state index is 15.2. The molecule has 5 heteroatoms. The SMILES string of the molecule is Cc1cc(F)c2c3ccccc3n3c4c(C(C)C)oc5nc[n+](C)c(c1c23)c54. The van der Waals surface area contributed by atoms with Crippen LogP contribution in [0.5, 0.6) is 0 Å². The fraction of sp³-hybridized carbons (Fsp3) is 0.217. The molecular formula is C23H19FN3O+. The Labute approximate surface area is 160 Å². The average Bonchev–Trinajstić information content (AvgIpc) is 3.20. The first-order chi connectivity index (χ1) is 13.5. The summed E-state index contributed by atoms with van der Waals surface area (Å²) >= 11 is 0. The minimum Gasteiger partial charge on any atom is -0.422 e. The number of hydrogen-bond acceptors (Lipinski definition) is 2. The summed E-state index contributed by atoms with van der Waals surface area (Å²) in [6.45, 7) is 6.20. The molecule has 6 aromatic rings. The molecule has 6 rings (SSSR count). The highest BCUT2D eigenvalue weighted by molar-refractivity contribution is 6.25. The van der Waals surface area contributed by atoms with Gasteiger partial charge in [-0.15, -0.1) is 0 Å². The van der Waals surface area contributed by atoms with Gasteiger partial charge < -0.3 is 8.82 Å². The smallest absolute Gasteiger partial charge is 0.347 e. The van der Waals surface area contributed by atoms with Crippen LogP contribution in [0.15, 0.2) is 41.1 Å². The lowest BCUT2D eigenvalue weighted by molar-refractivity contribution is -0.647. The number of para-hydroxylation sites is 1. The lowest BCUT2D eigenvalue weighted by Crippen LogP contribution is -2.29. The van der Waals surface area contributed by atoms with Crippen molar-refractivity contribution in [2.45, 2.75) is 26.7 Å². The Morgan fingerprint density at radius 2 is 1.89 bits per heavy atom. The van der Waals surface area contributed by atoms with Gasteiger partial charge in [0.1, 0.15) is 22.5 Å². The first-order valence-corrected chi connectivity index (χ1v) is 9.53. The number of rotatable bonds is 1. The topological polar surface area (TPSA) is 34.3 Å². The van der Waals surface area contributed by atoms with Gasteiger partial charge in [-0.25, -0.2) is 8.96 Å². The van der Waals surface area contributed by atoms with Crippen LogP contribution >= 0.6 is 0 Å². The number of fused-ring (bicyclic) bond motifs is 5. The molecule has 0 bridgehead atoms. The number of nitrogens with zero attached hydrogens (tertiary/aromatic N) is 3. The highest BCUT2D eigenvalue weighted by atomic mass is 19.1. The molecule has 4 heterocycles. The van der Waals surface area contributed by atoms with Crippen molar-refractivity contribution in [1.82, 2.24) is 9.38 Å². The summed E-state index contributed by atoms with van der Waals surface area (Å²) in [4.78, 5) is 4.54. The van der Waals surface area contributed by atoms with Crippen molar-refractivity contribution in [1.29, 1.82) is 0 Å². The zero-order chi connectivity index (χ0) is 19.3.